The third-order valence-electron chi connectivity index (χ3n) is 3.51. The monoisotopic (exact) mass is 313 g/mol. The van der Waals surface area contributed by atoms with Crippen LogP contribution in [-0.4, -0.2) is 50.1 Å². The Morgan fingerprint density at radius 2 is 2.24 bits per heavy atom. The topological polar surface area (TPSA) is 53.6 Å². The highest BCUT2D eigenvalue weighted by Crippen LogP contribution is 2.23. The van der Waals surface area contributed by atoms with Crippen molar-refractivity contribution in [3.05, 3.63) is 24.3 Å². The van der Waals surface area contributed by atoms with E-state index in [1.165, 1.54) is 0 Å². The molecule has 2 N–H and O–H groups in total. The molecule has 1 aliphatic heterocycles. The number of benzene rings is 1. The van der Waals surface area contributed by atoms with E-state index in [0.29, 0.717) is 24.9 Å². The first-order valence-corrected chi connectivity index (χ1v) is 7.13. The quantitative estimate of drug-likeness (QED) is 0.840. The zero-order valence-electron chi connectivity index (χ0n) is 12.6. The van der Waals surface area contributed by atoms with Crippen molar-refractivity contribution in [3.63, 3.8) is 0 Å². The molecule has 1 fully saturated rings. The van der Waals surface area contributed by atoms with Crippen LogP contribution in [0.15, 0.2) is 24.3 Å². The van der Waals surface area contributed by atoms with Gasteiger partial charge >= 0.3 is 0 Å². The first-order valence-electron chi connectivity index (χ1n) is 7.13. The fourth-order valence-corrected chi connectivity index (χ4v) is 2.41. The molecule has 0 saturated carbocycles. The zero-order valence-corrected chi connectivity index (χ0v) is 13.4. The van der Waals surface area contributed by atoms with Gasteiger partial charge in [-0.15, -0.1) is 12.4 Å². The van der Waals surface area contributed by atoms with Crippen LogP contribution >= 0.6 is 12.4 Å². The summed E-state index contributed by atoms with van der Waals surface area (Å²) in [5.74, 6) is 0.708. The second-order valence-electron chi connectivity index (χ2n) is 5.04. The Balaban J connectivity index is 0.00000220. The van der Waals surface area contributed by atoms with Crippen molar-refractivity contribution in [1.29, 1.82) is 0 Å². The molecule has 0 aliphatic carbocycles. The van der Waals surface area contributed by atoms with E-state index in [1.807, 2.05) is 38.2 Å². The van der Waals surface area contributed by atoms with E-state index in [-0.39, 0.29) is 18.3 Å². The molecule has 0 radical (unpaired) electrons. The van der Waals surface area contributed by atoms with E-state index >= 15 is 0 Å². The first-order chi connectivity index (χ1) is 9.70. The van der Waals surface area contributed by atoms with Crippen molar-refractivity contribution in [1.82, 2.24) is 10.2 Å². The number of anilines is 1. The van der Waals surface area contributed by atoms with Crippen LogP contribution in [-0.2, 0) is 4.79 Å². The van der Waals surface area contributed by atoms with Crippen LogP contribution in [0, 0.1) is 0 Å². The van der Waals surface area contributed by atoms with Gasteiger partial charge < -0.3 is 15.4 Å². The molecule has 1 heterocycles. The number of halogens is 1. The summed E-state index contributed by atoms with van der Waals surface area (Å²) < 4.78 is 5.50. The Bertz CT molecular complexity index is 450. The Hall–Kier alpha value is -1.30. The summed E-state index contributed by atoms with van der Waals surface area (Å²) in [6.07, 6.45) is 1.10. The molecule has 1 aliphatic rings. The van der Waals surface area contributed by atoms with E-state index in [9.17, 15) is 4.79 Å². The van der Waals surface area contributed by atoms with Gasteiger partial charge in [-0.05, 0) is 39.1 Å². The Kier molecular flexibility index (Phi) is 7.50. The van der Waals surface area contributed by atoms with Gasteiger partial charge in [-0.25, -0.2) is 0 Å². The third-order valence-corrected chi connectivity index (χ3v) is 3.51. The molecule has 1 saturated heterocycles. The number of carbonyl (C=O) groups excluding carboxylic acids is 1. The number of hydrogen-bond acceptors (Lipinski definition) is 4. The van der Waals surface area contributed by atoms with Gasteiger partial charge in [-0.2, -0.15) is 0 Å². The summed E-state index contributed by atoms with van der Waals surface area (Å²) in [6, 6.07) is 7.96. The number of nitrogens with zero attached hydrogens (tertiary/aromatic N) is 1. The summed E-state index contributed by atoms with van der Waals surface area (Å²) in [4.78, 5) is 14.2. The molecule has 6 heteroatoms. The molecule has 21 heavy (non-hydrogen) atoms. The molecule has 1 atom stereocenters. The van der Waals surface area contributed by atoms with Gasteiger partial charge in [-0.1, -0.05) is 12.1 Å². The molecule has 1 unspecified atom stereocenters. The largest absolute Gasteiger partial charge is 0.492 e. The highest BCUT2D eigenvalue weighted by atomic mass is 35.5. The maximum atomic E-state index is 12.1. The van der Waals surface area contributed by atoms with Gasteiger partial charge in [0, 0.05) is 12.6 Å². The van der Waals surface area contributed by atoms with Crippen LogP contribution in [0.5, 0.6) is 5.75 Å². The number of hydrogen-bond donors (Lipinski definition) is 2. The number of ether oxygens (including phenoxy) is 1. The molecule has 1 aromatic rings. The number of carbonyl (C=O) groups is 1. The predicted molar refractivity (Wildman–Crippen MR) is 87.4 cm³/mol. The fourth-order valence-electron chi connectivity index (χ4n) is 2.41. The smallest absolute Gasteiger partial charge is 0.238 e. The van der Waals surface area contributed by atoms with E-state index in [1.54, 1.807) is 0 Å². The second kappa shape index (κ2) is 8.87. The van der Waals surface area contributed by atoms with Crippen LogP contribution in [0.3, 0.4) is 0 Å². The molecular formula is C15H24ClN3O2. The van der Waals surface area contributed by atoms with E-state index in [2.05, 4.69) is 15.5 Å². The van der Waals surface area contributed by atoms with E-state index < -0.39 is 0 Å². The van der Waals surface area contributed by atoms with Crippen LogP contribution in [0.25, 0.3) is 0 Å². The lowest BCUT2D eigenvalue weighted by molar-refractivity contribution is -0.117. The van der Waals surface area contributed by atoms with Gasteiger partial charge in [0.1, 0.15) is 5.75 Å². The summed E-state index contributed by atoms with van der Waals surface area (Å²) in [5, 5.41) is 6.23. The lowest BCUT2D eigenvalue weighted by Crippen LogP contribution is -2.39. The lowest BCUT2D eigenvalue weighted by Gasteiger charge is -2.22. The van der Waals surface area contributed by atoms with Gasteiger partial charge in [-0.3, -0.25) is 9.69 Å². The predicted octanol–water partition coefficient (Wildman–Crippen LogP) is 1.74. The van der Waals surface area contributed by atoms with Crippen molar-refractivity contribution in [3.8, 4) is 5.75 Å². The average Bonchev–Trinajstić information content (AvgIpc) is 2.95. The minimum atomic E-state index is -0.00782. The minimum absolute atomic E-state index is 0. The number of para-hydroxylation sites is 2. The summed E-state index contributed by atoms with van der Waals surface area (Å²) in [6.45, 7) is 4.90. The summed E-state index contributed by atoms with van der Waals surface area (Å²) in [5.41, 5.74) is 0.734. The molecule has 0 bridgehead atoms. The number of rotatable bonds is 6. The standard InChI is InChI=1S/C15H23N3O2.ClH/c1-3-20-14-7-5-4-6-13(14)17-15(19)11-18(2)12-8-9-16-10-12;/h4-7,12,16H,3,8-11H2,1-2H3,(H,17,19);1H. The van der Waals surface area contributed by atoms with Crippen molar-refractivity contribution in [2.75, 3.05) is 38.6 Å². The molecule has 118 valence electrons. The normalized spacial score (nSPS) is 17.4. The SMILES string of the molecule is CCOc1ccccc1NC(=O)CN(C)C1CCNC1.Cl. The Morgan fingerprint density at radius 1 is 1.48 bits per heavy atom. The van der Waals surface area contributed by atoms with Crippen molar-refractivity contribution >= 4 is 24.0 Å². The van der Waals surface area contributed by atoms with Crippen molar-refractivity contribution < 1.29 is 9.53 Å². The van der Waals surface area contributed by atoms with Crippen molar-refractivity contribution in [2.24, 2.45) is 0 Å². The molecule has 0 aromatic heterocycles. The fraction of sp³-hybridized carbons (Fsp3) is 0.533. The maximum Gasteiger partial charge on any atom is 0.238 e. The van der Waals surface area contributed by atoms with Gasteiger partial charge in [0.05, 0.1) is 18.8 Å². The van der Waals surface area contributed by atoms with E-state index in [0.717, 1.165) is 25.2 Å². The Morgan fingerprint density at radius 3 is 2.90 bits per heavy atom. The molecular weight excluding hydrogens is 290 g/mol. The number of nitrogens with one attached hydrogen (secondary N) is 2. The highest BCUT2D eigenvalue weighted by Gasteiger charge is 2.21. The van der Waals surface area contributed by atoms with Crippen LogP contribution < -0.4 is 15.4 Å². The van der Waals surface area contributed by atoms with Crippen LogP contribution in [0.2, 0.25) is 0 Å². The molecule has 0 spiro atoms. The number of likely N-dealkylation sites (N-methyl/N-ethyl adjacent to an activating group) is 1. The van der Waals surface area contributed by atoms with Gasteiger partial charge in [0.2, 0.25) is 5.91 Å². The zero-order chi connectivity index (χ0) is 14.4. The average molecular weight is 314 g/mol. The molecule has 1 aromatic carbocycles. The summed E-state index contributed by atoms with van der Waals surface area (Å²) >= 11 is 0. The Labute approximate surface area is 132 Å². The summed E-state index contributed by atoms with van der Waals surface area (Å²) in [7, 11) is 1.99. The van der Waals surface area contributed by atoms with Crippen LogP contribution in [0.4, 0.5) is 5.69 Å². The maximum absolute atomic E-state index is 12.1. The third kappa shape index (κ3) is 5.19. The first kappa shape index (κ1) is 17.8. The lowest BCUT2D eigenvalue weighted by atomic mass is 10.2. The molecule has 5 nitrogen and oxygen atoms in total. The second-order valence-corrected chi connectivity index (χ2v) is 5.04. The molecule has 1 amide bonds. The highest BCUT2D eigenvalue weighted by molar-refractivity contribution is 5.93. The van der Waals surface area contributed by atoms with Crippen molar-refractivity contribution in [2.45, 2.75) is 19.4 Å². The minimum Gasteiger partial charge on any atom is -0.492 e. The van der Waals surface area contributed by atoms with E-state index in [4.69, 9.17) is 4.74 Å². The number of amides is 1. The molecule has 2 rings (SSSR count). The van der Waals surface area contributed by atoms with Gasteiger partial charge in [0.15, 0.2) is 0 Å². The van der Waals surface area contributed by atoms with Crippen LogP contribution in [0.1, 0.15) is 13.3 Å². The van der Waals surface area contributed by atoms with Gasteiger partial charge in [0.25, 0.3) is 0 Å².